The molecule has 0 heterocycles. The summed E-state index contributed by atoms with van der Waals surface area (Å²) in [5, 5.41) is 3.47. The SMILES string of the molecule is Cc1ccc(CNc2ccc(Br)c(C)c2)c(C)c1. The minimum absolute atomic E-state index is 0.868. The van der Waals surface area contributed by atoms with E-state index in [1.165, 1.54) is 22.3 Å². The molecule has 0 aromatic heterocycles. The number of hydrogen-bond donors (Lipinski definition) is 1. The van der Waals surface area contributed by atoms with Crippen LogP contribution in [0.1, 0.15) is 22.3 Å². The number of aryl methyl sites for hydroxylation is 3. The molecule has 94 valence electrons. The molecule has 0 radical (unpaired) electrons. The fourth-order valence-electron chi connectivity index (χ4n) is 2.00. The molecule has 1 N–H and O–H groups in total. The number of hydrogen-bond acceptors (Lipinski definition) is 1. The fourth-order valence-corrected chi connectivity index (χ4v) is 2.24. The highest BCUT2D eigenvalue weighted by atomic mass is 79.9. The number of halogens is 1. The van der Waals surface area contributed by atoms with Gasteiger partial charge in [0.1, 0.15) is 0 Å². The maximum Gasteiger partial charge on any atom is 0.0403 e. The molecule has 0 unspecified atom stereocenters. The Kier molecular flexibility index (Phi) is 4.07. The van der Waals surface area contributed by atoms with E-state index in [1.54, 1.807) is 0 Å². The van der Waals surface area contributed by atoms with Crippen LogP contribution in [0.4, 0.5) is 5.69 Å². The van der Waals surface area contributed by atoms with Gasteiger partial charge in [-0.25, -0.2) is 0 Å². The van der Waals surface area contributed by atoms with Gasteiger partial charge in [0.05, 0.1) is 0 Å². The highest BCUT2D eigenvalue weighted by Crippen LogP contribution is 2.21. The lowest BCUT2D eigenvalue weighted by atomic mass is 10.1. The standard InChI is InChI=1S/C16H18BrN/c1-11-4-5-14(12(2)8-11)10-18-15-6-7-16(17)13(3)9-15/h4-9,18H,10H2,1-3H3. The fraction of sp³-hybridized carbons (Fsp3) is 0.250. The lowest BCUT2D eigenvalue weighted by Gasteiger charge is -2.11. The molecule has 2 aromatic rings. The molecule has 0 saturated heterocycles. The van der Waals surface area contributed by atoms with Gasteiger partial charge in [-0.1, -0.05) is 39.7 Å². The molecule has 2 heteroatoms. The van der Waals surface area contributed by atoms with E-state index in [1.807, 2.05) is 0 Å². The van der Waals surface area contributed by atoms with Crippen molar-refractivity contribution in [2.24, 2.45) is 0 Å². The molecule has 2 rings (SSSR count). The third-order valence-electron chi connectivity index (χ3n) is 3.14. The number of benzene rings is 2. The van der Waals surface area contributed by atoms with Gasteiger partial charge in [0.25, 0.3) is 0 Å². The minimum atomic E-state index is 0.868. The third-order valence-corrected chi connectivity index (χ3v) is 4.03. The Morgan fingerprint density at radius 1 is 0.944 bits per heavy atom. The van der Waals surface area contributed by atoms with Gasteiger partial charge in [-0.3, -0.25) is 0 Å². The maximum absolute atomic E-state index is 3.52. The summed E-state index contributed by atoms with van der Waals surface area (Å²) in [4.78, 5) is 0. The first kappa shape index (κ1) is 13.2. The molecule has 0 aliphatic rings. The molecule has 0 amide bonds. The smallest absolute Gasteiger partial charge is 0.0403 e. The summed E-state index contributed by atoms with van der Waals surface area (Å²) in [7, 11) is 0. The maximum atomic E-state index is 3.52. The van der Waals surface area contributed by atoms with Crippen LogP contribution in [0.25, 0.3) is 0 Å². The first-order valence-electron chi connectivity index (χ1n) is 6.12. The van der Waals surface area contributed by atoms with E-state index >= 15 is 0 Å². The van der Waals surface area contributed by atoms with E-state index in [0.29, 0.717) is 0 Å². The molecular weight excluding hydrogens is 286 g/mol. The largest absolute Gasteiger partial charge is 0.381 e. The zero-order valence-corrected chi connectivity index (χ0v) is 12.6. The number of anilines is 1. The second kappa shape index (κ2) is 5.57. The van der Waals surface area contributed by atoms with Crippen molar-refractivity contribution in [1.82, 2.24) is 0 Å². The average molecular weight is 304 g/mol. The third kappa shape index (κ3) is 3.14. The molecule has 0 bridgehead atoms. The van der Waals surface area contributed by atoms with Crippen LogP contribution in [0.5, 0.6) is 0 Å². The molecule has 0 fully saturated rings. The van der Waals surface area contributed by atoms with Crippen molar-refractivity contribution in [3.05, 3.63) is 63.1 Å². The minimum Gasteiger partial charge on any atom is -0.381 e. The van der Waals surface area contributed by atoms with E-state index < -0.39 is 0 Å². The summed E-state index contributed by atoms with van der Waals surface area (Å²) in [6, 6.07) is 12.9. The first-order chi connectivity index (χ1) is 8.56. The first-order valence-corrected chi connectivity index (χ1v) is 6.92. The molecule has 1 nitrogen and oxygen atoms in total. The van der Waals surface area contributed by atoms with Crippen LogP contribution in [-0.2, 0) is 6.54 Å². The van der Waals surface area contributed by atoms with Crippen molar-refractivity contribution in [2.75, 3.05) is 5.32 Å². The van der Waals surface area contributed by atoms with Crippen LogP contribution < -0.4 is 5.32 Å². The quantitative estimate of drug-likeness (QED) is 0.842. The van der Waals surface area contributed by atoms with Gasteiger partial charge in [0.2, 0.25) is 0 Å². The number of nitrogens with one attached hydrogen (secondary N) is 1. The summed E-state index contributed by atoms with van der Waals surface area (Å²) in [6.07, 6.45) is 0. The molecule has 0 atom stereocenters. The zero-order valence-electron chi connectivity index (χ0n) is 11.0. The van der Waals surface area contributed by atoms with Crippen molar-refractivity contribution in [1.29, 1.82) is 0 Å². The van der Waals surface area contributed by atoms with Gasteiger partial charge in [-0.05, 0) is 55.7 Å². The Balaban J connectivity index is 2.09. The number of rotatable bonds is 3. The molecule has 0 saturated carbocycles. The molecule has 0 spiro atoms. The lowest BCUT2D eigenvalue weighted by molar-refractivity contribution is 1.11. The zero-order chi connectivity index (χ0) is 13.1. The predicted molar refractivity (Wildman–Crippen MR) is 82.1 cm³/mol. The van der Waals surface area contributed by atoms with Crippen molar-refractivity contribution in [2.45, 2.75) is 27.3 Å². The van der Waals surface area contributed by atoms with E-state index in [4.69, 9.17) is 0 Å². The van der Waals surface area contributed by atoms with Crippen LogP contribution in [0.2, 0.25) is 0 Å². The molecule has 0 aliphatic carbocycles. The molecule has 18 heavy (non-hydrogen) atoms. The van der Waals surface area contributed by atoms with Crippen LogP contribution in [-0.4, -0.2) is 0 Å². The van der Waals surface area contributed by atoms with Gasteiger partial charge >= 0.3 is 0 Å². The van der Waals surface area contributed by atoms with Gasteiger partial charge in [0.15, 0.2) is 0 Å². The second-order valence-corrected chi connectivity index (χ2v) is 5.60. The summed E-state index contributed by atoms with van der Waals surface area (Å²) in [5.41, 5.74) is 6.42. The van der Waals surface area contributed by atoms with Crippen LogP contribution >= 0.6 is 15.9 Å². The monoisotopic (exact) mass is 303 g/mol. The van der Waals surface area contributed by atoms with Crippen molar-refractivity contribution in [3.63, 3.8) is 0 Å². The lowest BCUT2D eigenvalue weighted by Crippen LogP contribution is -2.01. The molecule has 2 aromatic carbocycles. The Bertz CT molecular complexity index is 561. The topological polar surface area (TPSA) is 12.0 Å². The van der Waals surface area contributed by atoms with Gasteiger partial charge < -0.3 is 5.32 Å². The summed E-state index contributed by atoms with van der Waals surface area (Å²) in [5.74, 6) is 0. The van der Waals surface area contributed by atoms with Crippen molar-refractivity contribution >= 4 is 21.6 Å². The summed E-state index contributed by atoms with van der Waals surface area (Å²) >= 11 is 3.52. The highest BCUT2D eigenvalue weighted by Gasteiger charge is 2.00. The normalized spacial score (nSPS) is 10.4. The molecular formula is C16H18BrN. The Morgan fingerprint density at radius 2 is 1.72 bits per heavy atom. The van der Waals surface area contributed by atoms with E-state index in [9.17, 15) is 0 Å². The van der Waals surface area contributed by atoms with Gasteiger partial charge in [-0.2, -0.15) is 0 Å². The van der Waals surface area contributed by atoms with Crippen LogP contribution in [0, 0.1) is 20.8 Å². The highest BCUT2D eigenvalue weighted by molar-refractivity contribution is 9.10. The van der Waals surface area contributed by atoms with E-state index in [-0.39, 0.29) is 0 Å². The predicted octanol–water partition coefficient (Wildman–Crippen LogP) is 4.99. The van der Waals surface area contributed by atoms with Crippen molar-refractivity contribution in [3.8, 4) is 0 Å². The van der Waals surface area contributed by atoms with Crippen molar-refractivity contribution < 1.29 is 0 Å². The van der Waals surface area contributed by atoms with Crippen LogP contribution in [0.3, 0.4) is 0 Å². The average Bonchev–Trinajstić information content (AvgIpc) is 2.32. The van der Waals surface area contributed by atoms with E-state index in [2.05, 4.69) is 78.4 Å². The van der Waals surface area contributed by atoms with Gasteiger partial charge in [0, 0.05) is 16.7 Å². The molecule has 0 aliphatic heterocycles. The summed E-state index contributed by atoms with van der Waals surface area (Å²) < 4.78 is 1.15. The second-order valence-electron chi connectivity index (χ2n) is 4.75. The summed E-state index contributed by atoms with van der Waals surface area (Å²) in [6.45, 7) is 7.26. The Labute approximate surface area is 117 Å². The Morgan fingerprint density at radius 3 is 2.39 bits per heavy atom. The van der Waals surface area contributed by atoms with Gasteiger partial charge in [-0.15, -0.1) is 0 Å². The van der Waals surface area contributed by atoms with E-state index in [0.717, 1.165) is 16.7 Å². The van der Waals surface area contributed by atoms with Crippen LogP contribution in [0.15, 0.2) is 40.9 Å². The Hall–Kier alpha value is -1.28.